The number of unbranched alkanes of at least 4 members (excludes halogenated alkanes) is 6. The first kappa shape index (κ1) is 18.4. The Morgan fingerprint density at radius 2 is 1.63 bits per heavy atom. The highest BCUT2D eigenvalue weighted by Gasteiger charge is 2.03. The Kier molecular flexibility index (Phi) is 13.5. The van der Waals surface area contributed by atoms with Crippen LogP contribution in [-0.2, 0) is 4.74 Å². The van der Waals surface area contributed by atoms with Gasteiger partial charge in [0.25, 0.3) is 0 Å². The predicted octanol–water partition coefficient (Wildman–Crippen LogP) is 2.89. The maximum absolute atomic E-state index is 9.53. The molecule has 0 fully saturated rings. The van der Waals surface area contributed by atoms with E-state index >= 15 is 0 Å². The zero-order chi connectivity index (χ0) is 14.3. The normalized spacial score (nSPS) is 13.7. The van der Waals surface area contributed by atoms with Gasteiger partial charge in [0.2, 0.25) is 0 Å². The summed E-state index contributed by atoms with van der Waals surface area (Å²) in [6, 6.07) is 0. The molecule has 0 amide bonds. The molecule has 0 spiro atoms. The Labute approximate surface area is 118 Å². The summed E-state index contributed by atoms with van der Waals surface area (Å²) >= 11 is 0. The van der Waals surface area contributed by atoms with Gasteiger partial charge in [-0.3, -0.25) is 0 Å². The third kappa shape index (κ3) is 13.7. The molecule has 0 radical (unpaired) electrons. The first-order chi connectivity index (χ1) is 9.20. The van der Waals surface area contributed by atoms with Crippen molar-refractivity contribution in [3.05, 3.63) is 0 Å². The molecule has 112 valence electrons. The molecule has 2 N–H and O–H groups in total. The van der Waals surface area contributed by atoms with Crippen molar-refractivity contribution in [1.82, 2.24) is 0 Å². The summed E-state index contributed by atoms with van der Waals surface area (Å²) in [5.41, 5.74) is 0. The second kappa shape index (κ2) is 13.9. The van der Waals surface area contributed by atoms with Crippen molar-refractivity contribution in [3.8, 4) is 11.8 Å². The van der Waals surface area contributed by atoms with Crippen molar-refractivity contribution >= 4 is 0 Å². The van der Waals surface area contributed by atoms with Crippen LogP contribution in [0.4, 0.5) is 0 Å². The minimum absolute atomic E-state index is 0.181. The molecule has 0 aromatic rings. The largest absolute Gasteiger partial charge is 0.391 e. The minimum Gasteiger partial charge on any atom is -0.391 e. The van der Waals surface area contributed by atoms with Crippen LogP contribution in [0.3, 0.4) is 0 Å². The molecule has 0 aromatic carbocycles. The van der Waals surface area contributed by atoms with E-state index < -0.39 is 12.2 Å². The highest BCUT2D eigenvalue weighted by Crippen LogP contribution is 2.06. The molecular formula is C16H30O3. The maximum atomic E-state index is 9.53. The molecule has 0 aliphatic heterocycles. The van der Waals surface area contributed by atoms with Crippen molar-refractivity contribution in [2.45, 2.75) is 77.4 Å². The van der Waals surface area contributed by atoms with Crippen molar-refractivity contribution in [2.75, 3.05) is 13.2 Å². The van der Waals surface area contributed by atoms with Crippen molar-refractivity contribution in [2.24, 2.45) is 0 Å². The van der Waals surface area contributed by atoms with E-state index in [2.05, 4.69) is 18.8 Å². The van der Waals surface area contributed by atoms with Crippen LogP contribution in [0.2, 0.25) is 0 Å². The molecular weight excluding hydrogens is 240 g/mol. The molecule has 2 unspecified atom stereocenters. The molecule has 3 nitrogen and oxygen atoms in total. The Balaban J connectivity index is 3.39. The van der Waals surface area contributed by atoms with Crippen molar-refractivity contribution < 1.29 is 14.9 Å². The lowest BCUT2D eigenvalue weighted by Crippen LogP contribution is -2.19. The molecule has 0 aliphatic carbocycles. The third-order valence-electron chi connectivity index (χ3n) is 2.98. The van der Waals surface area contributed by atoms with Crippen LogP contribution in [-0.4, -0.2) is 35.6 Å². The van der Waals surface area contributed by atoms with E-state index in [0.29, 0.717) is 6.42 Å². The van der Waals surface area contributed by atoms with Crippen LogP contribution in [0, 0.1) is 11.8 Å². The van der Waals surface area contributed by atoms with Crippen molar-refractivity contribution in [1.29, 1.82) is 0 Å². The van der Waals surface area contributed by atoms with E-state index in [0.717, 1.165) is 12.8 Å². The molecule has 0 aromatic heterocycles. The summed E-state index contributed by atoms with van der Waals surface area (Å²) in [7, 11) is 0. The van der Waals surface area contributed by atoms with Gasteiger partial charge >= 0.3 is 0 Å². The fourth-order valence-corrected chi connectivity index (χ4v) is 1.66. The van der Waals surface area contributed by atoms with E-state index in [4.69, 9.17) is 4.74 Å². The van der Waals surface area contributed by atoms with Gasteiger partial charge in [-0.1, -0.05) is 51.9 Å². The second-order valence-electron chi connectivity index (χ2n) is 4.95. The fourth-order valence-electron chi connectivity index (χ4n) is 1.66. The van der Waals surface area contributed by atoms with E-state index in [-0.39, 0.29) is 13.2 Å². The van der Waals surface area contributed by atoms with Gasteiger partial charge in [-0.25, -0.2) is 0 Å². The van der Waals surface area contributed by atoms with Gasteiger partial charge in [0.1, 0.15) is 6.10 Å². The lowest BCUT2D eigenvalue weighted by Gasteiger charge is -2.09. The summed E-state index contributed by atoms with van der Waals surface area (Å²) < 4.78 is 5.17. The number of aliphatic hydroxyl groups is 2. The average Bonchev–Trinajstić information content (AvgIpc) is 2.41. The van der Waals surface area contributed by atoms with Crippen LogP contribution in [0.25, 0.3) is 0 Å². The number of ether oxygens (including phenoxy) is 1. The zero-order valence-electron chi connectivity index (χ0n) is 12.5. The molecule has 0 saturated heterocycles. The first-order valence-electron chi connectivity index (χ1n) is 7.62. The monoisotopic (exact) mass is 270 g/mol. The third-order valence-corrected chi connectivity index (χ3v) is 2.98. The molecule has 0 aliphatic rings. The molecule has 2 atom stereocenters. The lowest BCUT2D eigenvalue weighted by atomic mass is 10.1. The number of hydrogen-bond donors (Lipinski definition) is 2. The minimum atomic E-state index is -0.732. The maximum Gasteiger partial charge on any atom is 0.137 e. The molecule has 0 rings (SSSR count). The standard InChI is InChI=1S/C16H30O3/c1-3-5-6-7-8-9-10-11-12-16(18)14-19-13-15(17)4-2/h15-18H,3-10,13-14H2,1-2H3. The van der Waals surface area contributed by atoms with Gasteiger partial charge in [-0.05, 0) is 12.8 Å². The predicted molar refractivity (Wildman–Crippen MR) is 78.9 cm³/mol. The first-order valence-corrected chi connectivity index (χ1v) is 7.62. The average molecular weight is 270 g/mol. The molecule has 0 bridgehead atoms. The Morgan fingerprint density at radius 1 is 0.947 bits per heavy atom. The molecule has 3 heteroatoms. The Hall–Kier alpha value is -0.560. The Morgan fingerprint density at radius 3 is 2.32 bits per heavy atom. The summed E-state index contributed by atoms with van der Waals surface area (Å²) in [4.78, 5) is 0. The van der Waals surface area contributed by atoms with E-state index in [1.807, 2.05) is 6.92 Å². The highest BCUT2D eigenvalue weighted by molar-refractivity contribution is 5.04. The fraction of sp³-hybridized carbons (Fsp3) is 0.875. The summed E-state index contributed by atoms with van der Waals surface area (Å²) in [5.74, 6) is 5.76. The second-order valence-corrected chi connectivity index (χ2v) is 4.95. The van der Waals surface area contributed by atoms with E-state index in [1.165, 1.54) is 32.1 Å². The van der Waals surface area contributed by atoms with Gasteiger partial charge in [-0.15, -0.1) is 5.92 Å². The van der Waals surface area contributed by atoms with E-state index in [1.54, 1.807) is 0 Å². The lowest BCUT2D eigenvalue weighted by molar-refractivity contribution is 0.00639. The molecule has 0 heterocycles. The Bertz CT molecular complexity index is 242. The summed E-state index contributed by atoms with van der Waals surface area (Å²) in [6.07, 6.45) is 7.89. The SMILES string of the molecule is CCCCCCCCC#CC(O)COCC(O)CC. The van der Waals surface area contributed by atoms with Gasteiger partial charge in [0.15, 0.2) is 0 Å². The van der Waals surface area contributed by atoms with Crippen LogP contribution in [0.1, 0.15) is 65.2 Å². The van der Waals surface area contributed by atoms with Crippen molar-refractivity contribution in [3.63, 3.8) is 0 Å². The van der Waals surface area contributed by atoms with Crippen LogP contribution < -0.4 is 0 Å². The number of rotatable bonds is 11. The summed E-state index contributed by atoms with van der Waals surface area (Å²) in [6.45, 7) is 4.56. The number of aliphatic hydroxyl groups excluding tert-OH is 2. The molecule has 0 saturated carbocycles. The highest BCUT2D eigenvalue weighted by atomic mass is 16.5. The van der Waals surface area contributed by atoms with Gasteiger partial charge in [-0.2, -0.15) is 0 Å². The smallest absolute Gasteiger partial charge is 0.137 e. The van der Waals surface area contributed by atoms with Crippen LogP contribution in [0.5, 0.6) is 0 Å². The van der Waals surface area contributed by atoms with Gasteiger partial charge in [0, 0.05) is 6.42 Å². The zero-order valence-corrected chi connectivity index (χ0v) is 12.5. The van der Waals surface area contributed by atoms with Crippen LogP contribution in [0.15, 0.2) is 0 Å². The molecule has 19 heavy (non-hydrogen) atoms. The van der Waals surface area contributed by atoms with E-state index in [9.17, 15) is 10.2 Å². The van der Waals surface area contributed by atoms with Gasteiger partial charge in [0.05, 0.1) is 19.3 Å². The topological polar surface area (TPSA) is 49.7 Å². The van der Waals surface area contributed by atoms with Crippen LogP contribution >= 0.6 is 0 Å². The quantitative estimate of drug-likeness (QED) is 0.448. The summed E-state index contributed by atoms with van der Waals surface area (Å²) in [5, 5.41) is 18.8. The van der Waals surface area contributed by atoms with Gasteiger partial charge < -0.3 is 14.9 Å². The number of hydrogen-bond acceptors (Lipinski definition) is 3.